The van der Waals surface area contributed by atoms with E-state index in [0.29, 0.717) is 11.3 Å². The van der Waals surface area contributed by atoms with Crippen LogP contribution in [0.15, 0.2) is 4.99 Å². The highest BCUT2D eigenvalue weighted by Crippen LogP contribution is 2.29. The molecule has 0 unspecified atom stereocenters. The molecule has 0 aromatic heterocycles. The lowest BCUT2D eigenvalue weighted by Crippen LogP contribution is -2.51. The SMILES string of the molecule is CCNC(=NCC(C)(C)OC)N1CCSC(C)(C)C1. The van der Waals surface area contributed by atoms with Gasteiger partial charge in [-0.2, -0.15) is 11.8 Å². The minimum atomic E-state index is -0.208. The Labute approximate surface area is 122 Å². The maximum absolute atomic E-state index is 5.44. The molecule has 0 aromatic rings. The van der Waals surface area contributed by atoms with Gasteiger partial charge in [0.2, 0.25) is 0 Å². The summed E-state index contributed by atoms with van der Waals surface area (Å²) in [6, 6.07) is 0. The van der Waals surface area contributed by atoms with Crippen molar-refractivity contribution in [1.82, 2.24) is 10.2 Å². The summed E-state index contributed by atoms with van der Waals surface area (Å²) in [4.78, 5) is 7.11. The van der Waals surface area contributed by atoms with Gasteiger partial charge in [-0.25, -0.2) is 0 Å². The van der Waals surface area contributed by atoms with E-state index in [1.54, 1.807) is 7.11 Å². The van der Waals surface area contributed by atoms with Gasteiger partial charge in [0, 0.05) is 37.2 Å². The fourth-order valence-electron chi connectivity index (χ4n) is 1.95. The van der Waals surface area contributed by atoms with Crippen molar-refractivity contribution < 1.29 is 4.74 Å². The highest BCUT2D eigenvalue weighted by Gasteiger charge is 2.29. The maximum Gasteiger partial charge on any atom is 0.194 e. The van der Waals surface area contributed by atoms with Crippen molar-refractivity contribution in [2.45, 2.75) is 45.0 Å². The summed E-state index contributed by atoms with van der Waals surface area (Å²) in [6.45, 7) is 14.5. The Hall–Kier alpha value is -0.420. The molecular weight excluding hydrogens is 258 g/mol. The number of thioether (sulfide) groups is 1. The number of hydrogen-bond donors (Lipinski definition) is 1. The second kappa shape index (κ2) is 6.84. The fourth-order valence-corrected chi connectivity index (χ4v) is 3.06. The average Bonchev–Trinajstić information content (AvgIpc) is 2.33. The first-order chi connectivity index (χ1) is 8.79. The number of methoxy groups -OCH3 is 1. The van der Waals surface area contributed by atoms with E-state index < -0.39 is 0 Å². The number of hydrogen-bond acceptors (Lipinski definition) is 3. The molecule has 5 heteroatoms. The van der Waals surface area contributed by atoms with Gasteiger partial charge < -0.3 is 15.0 Å². The molecular formula is C14H29N3OS. The molecule has 4 nitrogen and oxygen atoms in total. The van der Waals surface area contributed by atoms with E-state index in [0.717, 1.165) is 31.3 Å². The van der Waals surface area contributed by atoms with Gasteiger partial charge in [0.25, 0.3) is 0 Å². The fraction of sp³-hybridized carbons (Fsp3) is 0.929. The highest BCUT2D eigenvalue weighted by atomic mass is 32.2. The van der Waals surface area contributed by atoms with E-state index in [1.165, 1.54) is 0 Å². The van der Waals surface area contributed by atoms with Crippen LogP contribution in [0.5, 0.6) is 0 Å². The lowest BCUT2D eigenvalue weighted by Gasteiger charge is -2.39. The van der Waals surface area contributed by atoms with Crippen LogP contribution in [-0.4, -0.2) is 60.2 Å². The Morgan fingerprint density at radius 2 is 2.16 bits per heavy atom. The van der Waals surface area contributed by atoms with Crippen LogP contribution in [0, 0.1) is 0 Å². The van der Waals surface area contributed by atoms with Crippen molar-refractivity contribution in [3.05, 3.63) is 0 Å². The van der Waals surface area contributed by atoms with Gasteiger partial charge in [-0.3, -0.25) is 4.99 Å². The summed E-state index contributed by atoms with van der Waals surface area (Å²) in [5.74, 6) is 2.17. The van der Waals surface area contributed by atoms with Gasteiger partial charge >= 0.3 is 0 Å². The van der Waals surface area contributed by atoms with Crippen LogP contribution in [0.4, 0.5) is 0 Å². The number of aliphatic imine (C=N–C) groups is 1. The van der Waals surface area contributed by atoms with E-state index in [4.69, 9.17) is 9.73 Å². The first-order valence-corrected chi connectivity index (χ1v) is 8.00. The summed E-state index contributed by atoms with van der Waals surface area (Å²) in [5.41, 5.74) is -0.208. The van der Waals surface area contributed by atoms with E-state index >= 15 is 0 Å². The number of rotatable bonds is 4. The summed E-state index contributed by atoms with van der Waals surface area (Å²) >= 11 is 2.04. The molecule has 0 amide bonds. The third kappa shape index (κ3) is 5.61. The van der Waals surface area contributed by atoms with Crippen LogP contribution in [0.2, 0.25) is 0 Å². The molecule has 1 saturated heterocycles. The van der Waals surface area contributed by atoms with E-state index in [1.807, 2.05) is 11.8 Å². The van der Waals surface area contributed by atoms with Gasteiger partial charge in [0.15, 0.2) is 5.96 Å². The highest BCUT2D eigenvalue weighted by molar-refractivity contribution is 8.00. The molecule has 0 saturated carbocycles. The topological polar surface area (TPSA) is 36.9 Å². The summed E-state index contributed by atoms with van der Waals surface area (Å²) < 4.78 is 5.73. The largest absolute Gasteiger partial charge is 0.377 e. The Morgan fingerprint density at radius 1 is 1.47 bits per heavy atom. The molecule has 0 radical (unpaired) electrons. The van der Waals surface area contributed by atoms with Gasteiger partial charge in [-0.15, -0.1) is 0 Å². The molecule has 1 fully saturated rings. The number of nitrogens with one attached hydrogen (secondary N) is 1. The zero-order chi connectivity index (χ0) is 14.5. The van der Waals surface area contributed by atoms with Gasteiger partial charge in [-0.1, -0.05) is 0 Å². The average molecular weight is 287 g/mol. The van der Waals surface area contributed by atoms with Crippen molar-refractivity contribution in [1.29, 1.82) is 0 Å². The molecule has 0 spiro atoms. The lowest BCUT2D eigenvalue weighted by atomic mass is 10.1. The first-order valence-electron chi connectivity index (χ1n) is 7.02. The Bertz CT molecular complexity index is 316. The van der Waals surface area contributed by atoms with Crippen molar-refractivity contribution in [2.75, 3.05) is 39.0 Å². The number of nitrogens with zero attached hydrogens (tertiary/aromatic N) is 2. The van der Waals surface area contributed by atoms with Crippen LogP contribution in [0.1, 0.15) is 34.6 Å². The maximum atomic E-state index is 5.44. The molecule has 1 N–H and O–H groups in total. The standard InChI is InChI=1S/C14H29N3OS/c1-7-15-12(16-10-13(2,3)18-6)17-8-9-19-14(4,5)11-17/h7-11H2,1-6H3,(H,15,16). The third-order valence-electron chi connectivity index (χ3n) is 3.22. The van der Waals surface area contributed by atoms with E-state index in [-0.39, 0.29) is 5.60 Å². The van der Waals surface area contributed by atoms with Crippen molar-refractivity contribution >= 4 is 17.7 Å². The minimum absolute atomic E-state index is 0.208. The van der Waals surface area contributed by atoms with E-state index in [9.17, 15) is 0 Å². The van der Waals surface area contributed by atoms with E-state index in [2.05, 4.69) is 44.8 Å². The first kappa shape index (κ1) is 16.6. The van der Waals surface area contributed by atoms with Gasteiger partial charge in [0.1, 0.15) is 0 Å². The van der Waals surface area contributed by atoms with Crippen LogP contribution < -0.4 is 5.32 Å². The molecule has 0 aliphatic carbocycles. The van der Waals surface area contributed by atoms with Crippen LogP contribution in [0.3, 0.4) is 0 Å². The molecule has 1 heterocycles. The predicted molar refractivity (Wildman–Crippen MR) is 85.2 cm³/mol. The van der Waals surface area contributed by atoms with Gasteiger partial charge in [0.05, 0.1) is 12.1 Å². The molecule has 0 aromatic carbocycles. The second-order valence-corrected chi connectivity index (χ2v) is 7.97. The van der Waals surface area contributed by atoms with Crippen LogP contribution in [0.25, 0.3) is 0 Å². The van der Waals surface area contributed by atoms with Crippen molar-refractivity contribution in [3.63, 3.8) is 0 Å². The van der Waals surface area contributed by atoms with Crippen LogP contribution >= 0.6 is 11.8 Å². The molecule has 112 valence electrons. The summed E-state index contributed by atoms with van der Waals surface area (Å²) in [7, 11) is 1.74. The number of guanidine groups is 1. The quantitative estimate of drug-likeness (QED) is 0.635. The lowest BCUT2D eigenvalue weighted by molar-refractivity contribution is 0.0309. The third-order valence-corrected chi connectivity index (χ3v) is 4.52. The summed E-state index contributed by atoms with van der Waals surface area (Å²) in [5, 5.41) is 3.40. The Morgan fingerprint density at radius 3 is 2.68 bits per heavy atom. The van der Waals surface area contributed by atoms with Gasteiger partial charge in [-0.05, 0) is 34.6 Å². The minimum Gasteiger partial charge on any atom is -0.377 e. The Balaban J connectivity index is 2.73. The Kier molecular flexibility index (Phi) is 5.99. The molecule has 19 heavy (non-hydrogen) atoms. The van der Waals surface area contributed by atoms with Crippen LogP contribution in [-0.2, 0) is 4.74 Å². The molecule has 0 atom stereocenters. The monoisotopic (exact) mass is 287 g/mol. The molecule has 1 aliphatic rings. The number of ether oxygens (including phenoxy) is 1. The zero-order valence-electron chi connectivity index (χ0n) is 13.2. The molecule has 1 rings (SSSR count). The van der Waals surface area contributed by atoms with Crippen molar-refractivity contribution in [2.24, 2.45) is 4.99 Å². The normalized spacial score (nSPS) is 20.5. The molecule has 0 bridgehead atoms. The smallest absolute Gasteiger partial charge is 0.194 e. The second-order valence-electron chi connectivity index (χ2n) is 6.16. The van der Waals surface area contributed by atoms with Crippen molar-refractivity contribution in [3.8, 4) is 0 Å². The zero-order valence-corrected chi connectivity index (χ0v) is 14.1. The summed E-state index contributed by atoms with van der Waals surface area (Å²) in [6.07, 6.45) is 0. The predicted octanol–water partition coefficient (Wildman–Crippen LogP) is 2.20. The molecule has 1 aliphatic heterocycles.